The summed E-state index contributed by atoms with van der Waals surface area (Å²) in [6, 6.07) is 11.7. The third-order valence-electron chi connectivity index (χ3n) is 5.77. The molecule has 0 aliphatic heterocycles. The Kier molecular flexibility index (Phi) is 5.84. The SMILES string of the molecule is O=C(Nc1ccc(Oc2ccnc3[nH]nc(-c4cn[nH]c4)c23)c(F)c1)c1ccnn(-c2ccc(F)cc2)c1=O. The van der Waals surface area contributed by atoms with Crippen LogP contribution in [0.2, 0.25) is 0 Å². The van der Waals surface area contributed by atoms with Gasteiger partial charge in [-0.3, -0.25) is 19.8 Å². The van der Waals surface area contributed by atoms with Crippen molar-refractivity contribution in [2.45, 2.75) is 0 Å². The van der Waals surface area contributed by atoms with Crippen LogP contribution in [0.25, 0.3) is 28.0 Å². The van der Waals surface area contributed by atoms with Crippen molar-refractivity contribution in [3.8, 4) is 28.4 Å². The van der Waals surface area contributed by atoms with E-state index in [1.807, 2.05) is 0 Å². The number of hydrogen-bond acceptors (Lipinski definition) is 7. The van der Waals surface area contributed by atoms with Gasteiger partial charge in [-0.05, 0) is 48.5 Å². The van der Waals surface area contributed by atoms with Gasteiger partial charge in [0.25, 0.3) is 11.5 Å². The number of nitrogens with one attached hydrogen (secondary N) is 3. The van der Waals surface area contributed by atoms with E-state index in [-0.39, 0.29) is 22.7 Å². The molecule has 0 aliphatic rings. The molecule has 2 aromatic carbocycles. The Bertz CT molecular complexity index is 1880. The van der Waals surface area contributed by atoms with Crippen molar-refractivity contribution < 1.29 is 18.3 Å². The second kappa shape index (κ2) is 9.63. The van der Waals surface area contributed by atoms with Crippen LogP contribution in [0.3, 0.4) is 0 Å². The van der Waals surface area contributed by atoms with E-state index in [1.165, 1.54) is 54.9 Å². The number of anilines is 1. The third kappa shape index (κ3) is 4.48. The van der Waals surface area contributed by atoms with E-state index in [2.05, 4.69) is 35.8 Å². The van der Waals surface area contributed by atoms with Crippen LogP contribution in [0.4, 0.5) is 14.5 Å². The lowest BCUT2D eigenvalue weighted by Crippen LogP contribution is -2.29. The number of aromatic nitrogens is 7. The van der Waals surface area contributed by atoms with Crippen molar-refractivity contribution in [3.63, 3.8) is 0 Å². The van der Waals surface area contributed by atoms with Gasteiger partial charge >= 0.3 is 0 Å². The summed E-state index contributed by atoms with van der Waals surface area (Å²) in [5, 5.41) is 20.7. The van der Waals surface area contributed by atoms with E-state index >= 15 is 4.39 Å². The van der Waals surface area contributed by atoms with Crippen LogP contribution >= 0.6 is 0 Å². The summed E-state index contributed by atoms with van der Waals surface area (Å²) in [4.78, 5) is 29.9. The Morgan fingerprint density at radius 1 is 1.00 bits per heavy atom. The maximum absolute atomic E-state index is 15.0. The molecule has 11 nitrogen and oxygen atoms in total. The average molecular weight is 526 g/mol. The molecule has 0 aliphatic carbocycles. The highest BCUT2D eigenvalue weighted by Gasteiger charge is 2.18. The Hall–Kier alpha value is -5.72. The van der Waals surface area contributed by atoms with Crippen molar-refractivity contribution in [3.05, 3.63) is 107 Å². The number of pyridine rings is 1. The molecule has 3 N–H and O–H groups in total. The molecule has 6 aromatic rings. The largest absolute Gasteiger partial charge is 0.453 e. The standard InChI is InChI=1S/C26H16F2N8O3/c27-15-1-4-17(5-2-15)36-26(38)18(7-10-32-36)25(37)33-16-3-6-20(19(28)11-16)39-21-8-9-29-24-22(21)23(34-35-24)14-12-30-31-13-14/h1-13H,(H,30,31)(H,33,37)(H,29,34,35). The predicted molar refractivity (Wildman–Crippen MR) is 136 cm³/mol. The molecule has 0 bridgehead atoms. The molecule has 0 atom stereocenters. The van der Waals surface area contributed by atoms with Crippen LogP contribution in [0.15, 0.2) is 84.2 Å². The summed E-state index contributed by atoms with van der Waals surface area (Å²) in [5.41, 5.74) is 1.07. The number of hydrogen-bond donors (Lipinski definition) is 3. The number of benzene rings is 2. The molecule has 4 heterocycles. The van der Waals surface area contributed by atoms with Gasteiger partial charge in [0.1, 0.15) is 22.8 Å². The first-order valence-electron chi connectivity index (χ1n) is 11.4. The van der Waals surface area contributed by atoms with E-state index in [0.717, 1.165) is 10.7 Å². The minimum Gasteiger partial charge on any atom is -0.453 e. The molecule has 0 fully saturated rings. The zero-order valence-electron chi connectivity index (χ0n) is 19.7. The highest BCUT2D eigenvalue weighted by atomic mass is 19.1. The maximum atomic E-state index is 15.0. The van der Waals surface area contributed by atoms with Crippen molar-refractivity contribution in [1.29, 1.82) is 0 Å². The number of carbonyl (C=O) groups is 1. The lowest BCUT2D eigenvalue weighted by Gasteiger charge is -2.11. The maximum Gasteiger partial charge on any atom is 0.284 e. The number of carbonyl (C=O) groups excluding carboxylic acids is 1. The van der Waals surface area contributed by atoms with E-state index < -0.39 is 23.1 Å². The minimum atomic E-state index is -0.773. The van der Waals surface area contributed by atoms with Gasteiger partial charge in [-0.15, -0.1) is 0 Å². The molecule has 0 radical (unpaired) electrons. The quantitative estimate of drug-likeness (QED) is 0.295. The van der Waals surface area contributed by atoms with Gasteiger partial charge in [0, 0.05) is 35.9 Å². The first kappa shape index (κ1) is 23.7. The van der Waals surface area contributed by atoms with E-state index in [9.17, 15) is 14.0 Å². The highest BCUT2D eigenvalue weighted by molar-refractivity contribution is 6.04. The van der Waals surface area contributed by atoms with E-state index in [1.54, 1.807) is 18.5 Å². The second-order valence-electron chi connectivity index (χ2n) is 8.23. The summed E-state index contributed by atoms with van der Waals surface area (Å²) >= 11 is 0. The normalized spacial score (nSPS) is 11.0. The van der Waals surface area contributed by atoms with Gasteiger partial charge in [-0.2, -0.15) is 20.0 Å². The van der Waals surface area contributed by atoms with Gasteiger partial charge in [0.15, 0.2) is 17.2 Å². The molecule has 0 saturated carbocycles. The van der Waals surface area contributed by atoms with Crippen LogP contribution in [-0.4, -0.2) is 41.1 Å². The van der Waals surface area contributed by atoms with Crippen LogP contribution in [0, 0.1) is 11.6 Å². The average Bonchev–Trinajstić information content (AvgIpc) is 3.61. The first-order valence-corrected chi connectivity index (χ1v) is 11.4. The fraction of sp³-hybridized carbons (Fsp3) is 0. The molecule has 13 heteroatoms. The fourth-order valence-electron chi connectivity index (χ4n) is 3.93. The van der Waals surface area contributed by atoms with Crippen LogP contribution in [0.1, 0.15) is 10.4 Å². The van der Waals surface area contributed by atoms with E-state index in [4.69, 9.17) is 4.74 Å². The Balaban J connectivity index is 1.25. The zero-order chi connectivity index (χ0) is 26.9. The summed E-state index contributed by atoms with van der Waals surface area (Å²) in [6.07, 6.45) is 6.00. The molecule has 4 aromatic heterocycles. The summed E-state index contributed by atoms with van der Waals surface area (Å²) in [5.74, 6) is -1.82. The number of H-pyrrole nitrogens is 2. The number of ether oxygens (including phenoxy) is 1. The monoisotopic (exact) mass is 526 g/mol. The highest BCUT2D eigenvalue weighted by Crippen LogP contribution is 2.36. The number of halogens is 2. The molecule has 0 saturated heterocycles. The molecular formula is C26H16F2N8O3. The Labute approximate surface area is 217 Å². The van der Waals surface area contributed by atoms with Gasteiger partial charge in [0.2, 0.25) is 0 Å². The van der Waals surface area contributed by atoms with Crippen LogP contribution < -0.4 is 15.6 Å². The first-order chi connectivity index (χ1) is 19.0. The van der Waals surface area contributed by atoms with Crippen molar-refractivity contribution in [2.75, 3.05) is 5.32 Å². The molecular weight excluding hydrogens is 510 g/mol. The van der Waals surface area contributed by atoms with E-state index in [0.29, 0.717) is 28.0 Å². The van der Waals surface area contributed by atoms with Gasteiger partial charge in [0.05, 0.1) is 17.3 Å². The molecule has 39 heavy (non-hydrogen) atoms. The number of nitrogens with zero attached hydrogens (tertiary/aromatic N) is 5. The lowest BCUT2D eigenvalue weighted by molar-refractivity contribution is 0.102. The second-order valence-corrected chi connectivity index (χ2v) is 8.23. The van der Waals surface area contributed by atoms with Crippen molar-refractivity contribution >= 4 is 22.6 Å². The summed E-state index contributed by atoms with van der Waals surface area (Å²) in [6.45, 7) is 0. The Morgan fingerprint density at radius 2 is 1.85 bits per heavy atom. The van der Waals surface area contributed by atoms with Crippen molar-refractivity contribution in [1.82, 2.24) is 35.2 Å². The lowest BCUT2D eigenvalue weighted by atomic mass is 10.1. The molecule has 6 rings (SSSR count). The molecule has 192 valence electrons. The number of rotatable bonds is 6. The minimum absolute atomic E-state index is 0.0941. The van der Waals surface area contributed by atoms with Gasteiger partial charge < -0.3 is 10.1 Å². The summed E-state index contributed by atoms with van der Waals surface area (Å²) in [7, 11) is 0. The van der Waals surface area contributed by atoms with Crippen LogP contribution in [0.5, 0.6) is 11.5 Å². The Morgan fingerprint density at radius 3 is 2.62 bits per heavy atom. The van der Waals surface area contributed by atoms with Gasteiger partial charge in [-0.25, -0.2) is 13.8 Å². The van der Waals surface area contributed by atoms with Crippen LogP contribution in [-0.2, 0) is 0 Å². The predicted octanol–water partition coefficient (Wildman–Crippen LogP) is 4.22. The molecule has 0 spiro atoms. The fourth-order valence-corrected chi connectivity index (χ4v) is 3.93. The molecule has 0 unspecified atom stereocenters. The number of fused-ring (bicyclic) bond motifs is 1. The topological polar surface area (TPSA) is 143 Å². The van der Waals surface area contributed by atoms with Gasteiger partial charge in [-0.1, -0.05) is 0 Å². The smallest absolute Gasteiger partial charge is 0.284 e. The summed E-state index contributed by atoms with van der Waals surface area (Å²) < 4.78 is 35.1. The molecule has 1 amide bonds. The zero-order valence-corrected chi connectivity index (χ0v) is 19.7. The third-order valence-corrected chi connectivity index (χ3v) is 5.77. The number of amides is 1. The number of aromatic amines is 2. The van der Waals surface area contributed by atoms with Crippen molar-refractivity contribution in [2.24, 2.45) is 0 Å².